The van der Waals surface area contributed by atoms with E-state index in [1.165, 1.54) is 32.1 Å². The van der Waals surface area contributed by atoms with Gasteiger partial charge in [-0.2, -0.15) is 0 Å². The number of carboxylic acid groups (broad SMARTS) is 1. The first-order valence-electron chi connectivity index (χ1n) is 10.5. The standard InChI is InChI=1S/C21H34O4S/c22-21(23)11-7-2-1-6-10-17-18(20-13-12-19(17)25-20)15-26(24)14-16-8-4-3-5-9-16/h1,6,16-20H,2-5,7-15H2,(H,22,23)/b6-1-/t17-,18-,19-,20+,26?/m1/s1. The predicted molar refractivity (Wildman–Crippen MR) is 105 cm³/mol. The molecule has 1 N–H and O–H groups in total. The second kappa shape index (κ2) is 10.0. The zero-order valence-corrected chi connectivity index (χ0v) is 16.6. The van der Waals surface area contributed by atoms with Gasteiger partial charge in [0.2, 0.25) is 0 Å². The summed E-state index contributed by atoms with van der Waals surface area (Å²) in [5, 5.41) is 8.68. The largest absolute Gasteiger partial charge is 0.481 e. The van der Waals surface area contributed by atoms with Crippen LogP contribution in [0.5, 0.6) is 0 Å². The third-order valence-electron chi connectivity index (χ3n) is 6.45. The van der Waals surface area contributed by atoms with Gasteiger partial charge in [0.1, 0.15) is 0 Å². The molecular formula is C21H34O4S. The van der Waals surface area contributed by atoms with E-state index >= 15 is 0 Å². The zero-order chi connectivity index (χ0) is 18.4. The molecule has 2 heterocycles. The van der Waals surface area contributed by atoms with Crippen LogP contribution in [-0.4, -0.2) is 39.0 Å². The van der Waals surface area contributed by atoms with Gasteiger partial charge in [-0.1, -0.05) is 31.4 Å². The van der Waals surface area contributed by atoms with Gasteiger partial charge in [-0.05, 0) is 56.8 Å². The van der Waals surface area contributed by atoms with Crippen LogP contribution in [0.15, 0.2) is 12.2 Å². The van der Waals surface area contributed by atoms with Crippen LogP contribution in [0.2, 0.25) is 0 Å². The van der Waals surface area contributed by atoms with Crippen molar-refractivity contribution in [1.29, 1.82) is 0 Å². The van der Waals surface area contributed by atoms with E-state index in [4.69, 9.17) is 9.84 Å². The Balaban J connectivity index is 1.44. The second-order valence-electron chi connectivity index (χ2n) is 8.39. The highest BCUT2D eigenvalue weighted by Gasteiger charge is 2.48. The van der Waals surface area contributed by atoms with Crippen LogP contribution in [0.3, 0.4) is 0 Å². The van der Waals surface area contributed by atoms with Crippen molar-refractivity contribution in [2.45, 2.75) is 82.8 Å². The van der Waals surface area contributed by atoms with E-state index in [0.717, 1.165) is 37.2 Å². The Hall–Kier alpha value is -0.680. The number of unbranched alkanes of at least 4 members (excludes halogenated alkanes) is 1. The van der Waals surface area contributed by atoms with Crippen molar-refractivity contribution in [2.24, 2.45) is 17.8 Å². The van der Waals surface area contributed by atoms with E-state index in [9.17, 15) is 9.00 Å². The Bertz CT molecular complexity index is 512. The van der Waals surface area contributed by atoms with Crippen molar-refractivity contribution in [3.8, 4) is 0 Å². The Morgan fingerprint density at radius 2 is 1.73 bits per heavy atom. The van der Waals surface area contributed by atoms with Gasteiger partial charge in [-0.3, -0.25) is 9.00 Å². The number of carboxylic acids is 1. The summed E-state index contributed by atoms with van der Waals surface area (Å²) < 4.78 is 18.9. The van der Waals surface area contributed by atoms with Gasteiger partial charge in [-0.25, -0.2) is 0 Å². The van der Waals surface area contributed by atoms with Gasteiger partial charge >= 0.3 is 5.97 Å². The van der Waals surface area contributed by atoms with Crippen LogP contribution < -0.4 is 0 Å². The Morgan fingerprint density at radius 1 is 1.00 bits per heavy atom. The summed E-state index contributed by atoms with van der Waals surface area (Å²) in [4.78, 5) is 10.5. The van der Waals surface area contributed by atoms with Crippen LogP contribution in [-0.2, 0) is 20.3 Å². The van der Waals surface area contributed by atoms with Crippen molar-refractivity contribution >= 4 is 16.8 Å². The van der Waals surface area contributed by atoms with Gasteiger partial charge in [0, 0.05) is 34.6 Å². The van der Waals surface area contributed by atoms with E-state index in [2.05, 4.69) is 12.2 Å². The van der Waals surface area contributed by atoms with Crippen LogP contribution in [0.1, 0.15) is 70.6 Å². The van der Waals surface area contributed by atoms with Gasteiger partial charge in [0.25, 0.3) is 0 Å². The average Bonchev–Trinajstić information content (AvgIpc) is 3.21. The molecule has 0 spiro atoms. The highest BCUT2D eigenvalue weighted by Crippen LogP contribution is 2.45. The molecule has 3 fully saturated rings. The fourth-order valence-electron chi connectivity index (χ4n) is 5.07. The van der Waals surface area contributed by atoms with E-state index in [-0.39, 0.29) is 6.42 Å². The smallest absolute Gasteiger partial charge is 0.303 e. The molecule has 0 radical (unpaired) electrons. The van der Waals surface area contributed by atoms with Crippen molar-refractivity contribution in [3.63, 3.8) is 0 Å². The van der Waals surface area contributed by atoms with Crippen LogP contribution in [0, 0.1) is 17.8 Å². The molecule has 0 aromatic heterocycles. The lowest BCUT2D eigenvalue weighted by atomic mass is 9.78. The Morgan fingerprint density at radius 3 is 2.46 bits per heavy atom. The van der Waals surface area contributed by atoms with E-state index in [1.807, 2.05) is 0 Å². The fraction of sp³-hybridized carbons (Fsp3) is 0.857. The fourth-order valence-corrected chi connectivity index (χ4v) is 6.96. The lowest BCUT2D eigenvalue weighted by molar-refractivity contribution is -0.137. The molecule has 2 saturated heterocycles. The highest BCUT2D eigenvalue weighted by atomic mass is 32.2. The molecule has 4 nitrogen and oxygen atoms in total. The monoisotopic (exact) mass is 382 g/mol. The third-order valence-corrected chi connectivity index (χ3v) is 8.05. The second-order valence-corrected chi connectivity index (χ2v) is 9.93. The number of carbonyl (C=O) groups is 1. The van der Waals surface area contributed by atoms with Crippen LogP contribution in [0.25, 0.3) is 0 Å². The molecule has 2 aliphatic heterocycles. The van der Waals surface area contributed by atoms with E-state index < -0.39 is 16.8 Å². The van der Waals surface area contributed by atoms with Gasteiger partial charge in [0.05, 0.1) is 12.2 Å². The summed E-state index contributed by atoms with van der Waals surface area (Å²) in [6.07, 6.45) is 16.5. The maximum atomic E-state index is 12.8. The molecular weight excluding hydrogens is 348 g/mol. The quantitative estimate of drug-likeness (QED) is 0.452. The zero-order valence-electron chi connectivity index (χ0n) is 15.8. The van der Waals surface area contributed by atoms with Crippen molar-refractivity contribution < 1.29 is 18.8 Å². The van der Waals surface area contributed by atoms with Crippen LogP contribution in [0.4, 0.5) is 0 Å². The average molecular weight is 383 g/mol. The van der Waals surface area contributed by atoms with Crippen molar-refractivity contribution in [2.75, 3.05) is 11.5 Å². The topological polar surface area (TPSA) is 63.6 Å². The predicted octanol–water partition coefficient (Wildman–Crippen LogP) is 4.31. The summed E-state index contributed by atoms with van der Waals surface area (Å²) in [5.41, 5.74) is 0. The molecule has 1 aliphatic carbocycles. The number of aliphatic carboxylic acids is 1. The maximum absolute atomic E-state index is 12.8. The van der Waals surface area contributed by atoms with Gasteiger partial charge in [-0.15, -0.1) is 0 Å². The normalized spacial score (nSPS) is 33.1. The number of rotatable bonds is 10. The summed E-state index contributed by atoms with van der Waals surface area (Å²) in [5.74, 6) is 2.61. The first-order valence-corrected chi connectivity index (χ1v) is 12.0. The maximum Gasteiger partial charge on any atom is 0.303 e. The minimum atomic E-state index is -0.722. The Kier molecular flexibility index (Phi) is 7.74. The first kappa shape index (κ1) is 20.1. The number of allylic oxidation sites excluding steroid dienone is 2. The molecule has 0 aromatic carbocycles. The first-order chi connectivity index (χ1) is 12.6. The molecule has 2 bridgehead atoms. The SMILES string of the molecule is O=C(O)CCC/C=C\C[C@@H]1[C@@H](CS(=O)CC2CCCCC2)[C@@H]2CC[C@H]1O2. The summed E-state index contributed by atoms with van der Waals surface area (Å²) in [6.45, 7) is 0. The van der Waals surface area contributed by atoms with Gasteiger partial charge < -0.3 is 9.84 Å². The van der Waals surface area contributed by atoms with Crippen molar-refractivity contribution in [3.05, 3.63) is 12.2 Å². The number of ether oxygens (including phenoxy) is 1. The Labute approximate surface area is 160 Å². The number of hydrogen-bond donors (Lipinski definition) is 1. The lowest BCUT2D eigenvalue weighted by Gasteiger charge is -2.28. The minimum absolute atomic E-state index is 0.240. The molecule has 1 unspecified atom stereocenters. The summed E-state index contributed by atoms with van der Waals surface area (Å²) >= 11 is 0. The molecule has 3 aliphatic rings. The molecule has 1 saturated carbocycles. The van der Waals surface area contributed by atoms with E-state index in [0.29, 0.717) is 36.4 Å². The van der Waals surface area contributed by atoms with Crippen molar-refractivity contribution in [1.82, 2.24) is 0 Å². The molecule has 3 rings (SSSR count). The molecule has 5 atom stereocenters. The molecule has 26 heavy (non-hydrogen) atoms. The number of hydrogen-bond acceptors (Lipinski definition) is 3. The number of fused-ring (bicyclic) bond motifs is 2. The van der Waals surface area contributed by atoms with Crippen LogP contribution >= 0.6 is 0 Å². The third kappa shape index (κ3) is 5.66. The summed E-state index contributed by atoms with van der Waals surface area (Å²) in [6, 6.07) is 0. The molecule has 0 aromatic rings. The highest BCUT2D eigenvalue weighted by molar-refractivity contribution is 7.85. The molecule has 0 amide bonds. The lowest BCUT2D eigenvalue weighted by Crippen LogP contribution is -2.32. The van der Waals surface area contributed by atoms with E-state index in [1.54, 1.807) is 0 Å². The minimum Gasteiger partial charge on any atom is -0.481 e. The molecule has 5 heteroatoms. The summed E-state index contributed by atoms with van der Waals surface area (Å²) in [7, 11) is -0.715. The van der Waals surface area contributed by atoms with Gasteiger partial charge in [0.15, 0.2) is 0 Å². The molecule has 148 valence electrons.